The van der Waals surface area contributed by atoms with Gasteiger partial charge in [-0.15, -0.1) is 0 Å². The predicted octanol–water partition coefficient (Wildman–Crippen LogP) is 3.02. The predicted molar refractivity (Wildman–Crippen MR) is 73.9 cm³/mol. The van der Waals surface area contributed by atoms with Gasteiger partial charge in [-0.2, -0.15) is 0 Å². The zero-order chi connectivity index (χ0) is 14.5. The summed E-state index contributed by atoms with van der Waals surface area (Å²) in [7, 11) is 0. The number of aromatic nitrogens is 1. The first kappa shape index (κ1) is 14.2. The van der Waals surface area contributed by atoms with Crippen LogP contribution in [0.4, 0.5) is 4.39 Å². The number of carbonyl (C=O) groups is 1. The van der Waals surface area contributed by atoms with E-state index in [2.05, 4.69) is 4.98 Å². The van der Waals surface area contributed by atoms with Crippen LogP contribution in [0, 0.1) is 18.7 Å². The van der Waals surface area contributed by atoms with Crippen molar-refractivity contribution in [2.75, 3.05) is 0 Å². The van der Waals surface area contributed by atoms with E-state index >= 15 is 0 Å². The molecule has 0 bridgehead atoms. The Morgan fingerprint density at radius 2 is 1.95 bits per heavy atom. The van der Waals surface area contributed by atoms with Crippen LogP contribution in [0.2, 0.25) is 0 Å². The molecule has 1 N–H and O–H groups in total. The topological polar surface area (TPSA) is 50.2 Å². The molecule has 0 radical (unpaired) electrons. The molecule has 3 nitrogen and oxygen atoms in total. The Balaban J connectivity index is 2.14. The van der Waals surface area contributed by atoms with Gasteiger partial charge < -0.3 is 5.11 Å². The molecule has 1 aromatic carbocycles. The third-order valence-corrected chi connectivity index (χ3v) is 3.30. The van der Waals surface area contributed by atoms with Crippen LogP contribution >= 0.6 is 0 Å². The van der Waals surface area contributed by atoms with E-state index in [1.54, 1.807) is 18.3 Å². The summed E-state index contributed by atoms with van der Waals surface area (Å²) in [6.07, 6.45) is 2.41. The molecule has 1 atom stereocenters. The Kier molecular flexibility index (Phi) is 4.45. The Morgan fingerprint density at radius 3 is 2.55 bits per heavy atom. The molecule has 0 aliphatic carbocycles. The first-order chi connectivity index (χ1) is 9.56. The lowest BCUT2D eigenvalue weighted by atomic mass is 9.93. The number of carboxylic acids is 1. The molecule has 0 saturated heterocycles. The summed E-state index contributed by atoms with van der Waals surface area (Å²) >= 11 is 0. The molecule has 0 aliphatic rings. The highest BCUT2D eigenvalue weighted by Crippen LogP contribution is 2.16. The minimum absolute atomic E-state index is 0.318. The molecular weight excluding hydrogens is 257 g/mol. The lowest BCUT2D eigenvalue weighted by Crippen LogP contribution is -2.20. The maximum Gasteiger partial charge on any atom is 0.307 e. The van der Waals surface area contributed by atoms with Gasteiger partial charge >= 0.3 is 5.97 Å². The van der Waals surface area contributed by atoms with Crippen LogP contribution in [0.25, 0.3) is 0 Å². The Labute approximate surface area is 117 Å². The molecular formula is C16H16FNO2. The van der Waals surface area contributed by atoms with Gasteiger partial charge in [0.25, 0.3) is 0 Å². The average Bonchev–Trinajstić information content (AvgIpc) is 2.42. The first-order valence-electron chi connectivity index (χ1n) is 6.44. The number of hydrogen-bond donors (Lipinski definition) is 1. The third kappa shape index (κ3) is 3.63. The van der Waals surface area contributed by atoms with E-state index in [1.807, 2.05) is 19.1 Å². The lowest BCUT2D eigenvalue weighted by molar-refractivity contribution is -0.141. The van der Waals surface area contributed by atoms with Gasteiger partial charge in [0.05, 0.1) is 5.92 Å². The number of benzene rings is 1. The number of nitrogens with zero attached hydrogens (tertiary/aromatic N) is 1. The molecule has 104 valence electrons. The third-order valence-electron chi connectivity index (χ3n) is 3.30. The van der Waals surface area contributed by atoms with Crippen molar-refractivity contribution in [3.8, 4) is 0 Å². The SMILES string of the molecule is Cc1cccnc1CC(Cc1ccc(F)cc1)C(=O)O. The summed E-state index contributed by atoms with van der Waals surface area (Å²) in [5.41, 5.74) is 2.59. The van der Waals surface area contributed by atoms with E-state index in [-0.39, 0.29) is 5.82 Å². The van der Waals surface area contributed by atoms with Crippen molar-refractivity contribution in [3.63, 3.8) is 0 Å². The van der Waals surface area contributed by atoms with Gasteiger partial charge in [0.1, 0.15) is 5.82 Å². The van der Waals surface area contributed by atoms with Crippen molar-refractivity contribution in [2.24, 2.45) is 5.92 Å². The molecule has 0 spiro atoms. The number of pyridine rings is 1. The van der Waals surface area contributed by atoms with Crippen molar-refractivity contribution in [1.29, 1.82) is 0 Å². The van der Waals surface area contributed by atoms with Gasteiger partial charge in [0.2, 0.25) is 0 Å². The molecule has 20 heavy (non-hydrogen) atoms. The quantitative estimate of drug-likeness (QED) is 0.911. The Bertz CT molecular complexity index is 596. The van der Waals surface area contributed by atoms with Crippen molar-refractivity contribution in [3.05, 3.63) is 65.2 Å². The standard InChI is InChI=1S/C16H16FNO2/c1-11-3-2-8-18-15(11)10-13(16(19)20)9-12-4-6-14(17)7-5-12/h2-8,13H,9-10H2,1H3,(H,19,20). The molecule has 2 aromatic rings. The number of carboxylic acid groups (broad SMARTS) is 1. The molecule has 0 fully saturated rings. The summed E-state index contributed by atoms with van der Waals surface area (Å²) in [6.45, 7) is 1.92. The molecule has 0 aliphatic heterocycles. The molecule has 0 amide bonds. The second-order valence-corrected chi connectivity index (χ2v) is 4.84. The molecule has 1 unspecified atom stereocenters. The Hall–Kier alpha value is -2.23. The van der Waals surface area contributed by atoms with E-state index in [1.165, 1.54) is 12.1 Å². The molecule has 2 rings (SSSR count). The highest BCUT2D eigenvalue weighted by Gasteiger charge is 2.20. The first-order valence-corrected chi connectivity index (χ1v) is 6.44. The van der Waals surface area contributed by atoms with Gasteiger partial charge in [-0.05, 0) is 42.7 Å². The van der Waals surface area contributed by atoms with E-state index in [0.29, 0.717) is 12.8 Å². The lowest BCUT2D eigenvalue weighted by Gasteiger charge is -2.13. The molecule has 1 heterocycles. The minimum atomic E-state index is -0.862. The van der Waals surface area contributed by atoms with Crippen LogP contribution in [0.5, 0.6) is 0 Å². The maximum atomic E-state index is 12.9. The molecule has 1 aromatic heterocycles. The van der Waals surface area contributed by atoms with Crippen molar-refractivity contribution < 1.29 is 14.3 Å². The van der Waals surface area contributed by atoms with Gasteiger partial charge in [-0.1, -0.05) is 18.2 Å². The number of aliphatic carboxylic acids is 1. The summed E-state index contributed by atoms with van der Waals surface area (Å²) in [5, 5.41) is 9.34. The van der Waals surface area contributed by atoms with E-state index < -0.39 is 11.9 Å². The number of hydrogen-bond acceptors (Lipinski definition) is 2. The zero-order valence-corrected chi connectivity index (χ0v) is 11.2. The van der Waals surface area contributed by atoms with Crippen molar-refractivity contribution in [2.45, 2.75) is 19.8 Å². The monoisotopic (exact) mass is 273 g/mol. The fourth-order valence-electron chi connectivity index (χ4n) is 2.12. The van der Waals surface area contributed by atoms with Crippen LogP contribution in [0.1, 0.15) is 16.8 Å². The smallest absolute Gasteiger partial charge is 0.307 e. The summed E-state index contributed by atoms with van der Waals surface area (Å²) in [5.74, 6) is -1.74. The second-order valence-electron chi connectivity index (χ2n) is 4.84. The van der Waals surface area contributed by atoms with Gasteiger partial charge in [0, 0.05) is 18.3 Å². The highest BCUT2D eigenvalue weighted by molar-refractivity contribution is 5.70. The van der Waals surface area contributed by atoms with E-state index in [9.17, 15) is 14.3 Å². The molecule has 0 saturated carbocycles. The number of aryl methyl sites for hydroxylation is 1. The fraction of sp³-hybridized carbons (Fsp3) is 0.250. The highest BCUT2D eigenvalue weighted by atomic mass is 19.1. The summed E-state index contributed by atoms with van der Waals surface area (Å²) in [6, 6.07) is 9.68. The van der Waals surface area contributed by atoms with Gasteiger partial charge in [-0.25, -0.2) is 4.39 Å². The number of rotatable bonds is 5. The fourth-order valence-corrected chi connectivity index (χ4v) is 2.12. The van der Waals surface area contributed by atoms with Gasteiger partial charge in [-0.3, -0.25) is 9.78 Å². The van der Waals surface area contributed by atoms with Crippen LogP contribution < -0.4 is 0 Å². The average molecular weight is 273 g/mol. The van der Waals surface area contributed by atoms with Gasteiger partial charge in [0.15, 0.2) is 0 Å². The normalized spacial score (nSPS) is 12.1. The van der Waals surface area contributed by atoms with Crippen LogP contribution in [0.3, 0.4) is 0 Å². The van der Waals surface area contributed by atoms with Crippen molar-refractivity contribution in [1.82, 2.24) is 4.98 Å². The second kappa shape index (κ2) is 6.28. The molecule has 4 heteroatoms. The zero-order valence-electron chi connectivity index (χ0n) is 11.2. The van der Waals surface area contributed by atoms with Crippen molar-refractivity contribution >= 4 is 5.97 Å². The van der Waals surface area contributed by atoms with Crippen LogP contribution in [-0.4, -0.2) is 16.1 Å². The maximum absolute atomic E-state index is 12.9. The van der Waals surface area contributed by atoms with E-state index in [4.69, 9.17) is 0 Å². The minimum Gasteiger partial charge on any atom is -0.481 e. The summed E-state index contributed by atoms with van der Waals surface area (Å²) in [4.78, 5) is 15.6. The van der Waals surface area contributed by atoms with Crippen LogP contribution in [0.15, 0.2) is 42.6 Å². The Morgan fingerprint density at radius 1 is 1.25 bits per heavy atom. The number of halogens is 1. The van der Waals surface area contributed by atoms with E-state index in [0.717, 1.165) is 16.8 Å². The van der Waals surface area contributed by atoms with Crippen LogP contribution in [-0.2, 0) is 17.6 Å². The summed E-state index contributed by atoms with van der Waals surface area (Å²) < 4.78 is 12.9. The largest absolute Gasteiger partial charge is 0.481 e.